The number of hydrogen-bond donors (Lipinski definition) is 0. The molecule has 0 radical (unpaired) electrons. The maximum atomic E-state index is 12.7. The van der Waals surface area contributed by atoms with E-state index in [1.54, 1.807) is 28.9 Å². The van der Waals surface area contributed by atoms with E-state index in [0.29, 0.717) is 10.5 Å². The molecule has 0 fully saturated rings. The Morgan fingerprint density at radius 2 is 1.68 bits per heavy atom. The number of nitrogens with zero attached hydrogens (tertiary/aromatic N) is 2. The van der Waals surface area contributed by atoms with E-state index in [2.05, 4.69) is 32.0 Å². The monoisotopic (exact) mass is 386 g/mol. The summed E-state index contributed by atoms with van der Waals surface area (Å²) in [6.07, 6.45) is 4.01. The molecule has 0 saturated carbocycles. The lowest BCUT2D eigenvalue weighted by Crippen LogP contribution is -2.04. The van der Waals surface area contributed by atoms with Crippen LogP contribution in [0.25, 0.3) is 28.7 Å². The number of hydrogen-bond acceptors (Lipinski definition) is 2. The molecule has 138 valence electrons. The van der Waals surface area contributed by atoms with Gasteiger partial charge in [-0.15, -0.1) is 0 Å². The Balaban J connectivity index is 1.91. The van der Waals surface area contributed by atoms with E-state index in [0.717, 1.165) is 22.3 Å². The minimum absolute atomic E-state index is 0.0754. The highest BCUT2D eigenvalue weighted by molar-refractivity contribution is 6.30. The molecule has 28 heavy (non-hydrogen) atoms. The quantitative estimate of drug-likeness (QED) is 0.444. The van der Waals surface area contributed by atoms with E-state index in [-0.39, 0.29) is 5.43 Å². The van der Waals surface area contributed by atoms with Gasteiger partial charge in [-0.2, -0.15) is 5.10 Å². The predicted molar refractivity (Wildman–Crippen MR) is 117 cm³/mol. The number of aromatic nitrogens is 2. The summed E-state index contributed by atoms with van der Waals surface area (Å²) in [5.74, 6) is 0. The summed E-state index contributed by atoms with van der Waals surface area (Å²) in [5.41, 5.74) is 5.58. The summed E-state index contributed by atoms with van der Waals surface area (Å²) in [4.78, 5) is 12.7. The standard InChI is InChI=1S/C24H19ClN2O/c1-16-7-8-18(17(2)15-16)9-14-22-21-5-3-4-6-23(28)24(21)27(26-22)20-12-10-19(25)11-13-20/h3-15H,1-2H3. The van der Waals surface area contributed by atoms with Crippen molar-refractivity contribution in [3.8, 4) is 5.69 Å². The van der Waals surface area contributed by atoms with Gasteiger partial charge >= 0.3 is 0 Å². The third-order valence-electron chi connectivity index (χ3n) is 4.72. The van der Waals surface area contributed by atoms with Gasteiger partial charge in [-0.25, -0.2) is 4.68 Å². The smallest absolute Gasteiger partial charge is 0.204 e. The molecular formula is C24H19ClN2O. The highest BCUT2D eigenvalue weighted by atomic mass is 35.5. The van der Waals surface area contributed by atoms with Gasteiger partial charge in [-0.3, -0.25) is 4.79 Å². The molecule has 0 saturated heterocycles. The van der Waals surface area contributed by atoms with Crippen molar-refractivity contribution in [3.05, 3.63) is 104 Å². The van der Waals surface area contributed by atoms with Gasteiger partial charge in [0.15, 0.2) is 0 Å². The Kier molecular flexibility index (Phi) is 4.84. The molecule has 3 aromatic carbocycles. The summed E-state index contributed by atoms with van der Waals surface area (Å²) in [6, 6.07) is 20.8. The fourth-order valence-electron chi connectivity index (χ4n) is 3.30. The average molecular weight is 387 g/mol. The second-order valence-corrected chi connectivity index (χ2v) is 7.25. The first-order chi connectivity index (χ1) is 13.5. The summed E-state index contributed by atoms with van der Waals surface area (Å²) in [6.45, 7) is 4.17. The van der Waals surface area contributed by atoms with Gasteiger partial charge in [0.25, 0.3) is 0 Å². The Morgan fingerprint density at radius 3 is 2.43 bits per heavy atom. The highest BCUT2D eigenvalue weighted by Crippen LogP contribution is 2.23. The number of fused-ring (bicyclic) bond motifs is 1. The Labute approximate surface area is 168 Å². The molecular weight excluding hydrogens is 368 g/mol. The molecule has 0 aliphatic carbocycles. The van der Waals surface area contributed by atoms with Crippen molar-refractivity contribution in [2.24, 2.45) is 0 Å². The van der Waals surface area contributed by atoms with Crippen LogP contribution in [0.15, 0.2) is 71.5 Å². The van der Waals surface area contributed by atoms with E-state index in [1.807, 2.05) is 36.4 Å². The molecule has 3 nitrogen and oxygen atoms in total. The summed E-state index contributed by atoms with van der Waals surface area (Å²) < 4.78 is 1.69. The SMILES string of the molecule is Cc1ccc(C=Cc2nn(-c3ccc(Cl)cc3)c3c(=O)ccccc23)c(C)c1. The number of benzene rings is 2. The zero-order valence-electron chi connectivity index (χ0n) is 15.7. The normalized spacial score (nSPS) is 11.4. The first-order valence-corrected chi connectivity index (χ1v) is 9.44. The minimum Gasteiger partial charge on any atom is -0.288 e. The average Bonchev–Trinajstić information content (AvgIpc) is 2.92. The van der Waals surface area contributed by atoms with E-state index in [9.17, 15) is 4.79 Å². The number of rotatable bonds is 3. The summed E-state index contributed by atoms with van der Waals surface area (Å²) in [7, 11) is 0. The molecule has 0 unspecified atom stereocenters. The topological polar surface area (TPSA) is 34.9 Å². The van der Waals surface area contributed by atoms with Gasteiger partial charge in [-0.1, -0.05) is 59.6 Å². The van der Waals surface area contributed by atoms with Crippen LogP contribution in [0.1, 0.15) is 22.4 Å². The fraction of sp³-hybridized carbons (Fsp3) is 0.0833. The molecule has 0 atom stereocenters. The van der Waals surface area contributed by atoms with E-state index in [1.165, 1.54) is 11.1 Å². The van der Waals surface area contributed by atoms with Gasteiger partial charge in [0.05, 0.1) is 11.4 Å². The Bertz CT molecular complexity index is 1250. The summed E-state index contributed by atoms with van der Waals surface area (Å²) >= 11 is 6.02. The lowest BCUT2D eigenvalue weighted by molar-refractivity contribution is 0.902. The molecule has 1 heterocycles. The molecule has 0 aliphatic rings. The Hall–Kier alpha value is -3.17. The van der Waals surface area contributed by atoms with Gasteiger partial charge in [0.2, 0.25) is 5.43 Å². The first-order valence-electron chi connectivity index (χ1n) is 9.06. The van der Waals surface area contributed by atoms with Crippen molar-refractivity contribution < 1.29 is 0 Å². The van der Waals surface area contributed by atoms with Gasteiger partial charge in [0, 0.05) is 10.4 Å². The van der Waals surface area contributed by atoms with E-state index >= 15 is 0 Å². The molecule has 4 rings (SSSR count). The molecule has 0 N–H and O–H groups in total. The zero-order valence-corrected chi connectivity index (χ0v) is 16.4. The number of halogens is 1. The lowest BCUT2D eigenvalue weighted by Gasteiger charge is -2.02. The minimum atomic E-state index is -0.0754. The molecule has 0 spiro atoms. The van der Waals surface area contributed by atoms with E-state index < -0.39 is 0 Å². The molecule has 1 aromatic heterocycles. The molecule has 0 amide bonds. The van der Waals surface area contributed by atoms with Crippen LogP contribution in [-0.4, -0.2) is 9.78 Å². The van der Waals surface area contributed by atoms with E-state index in [4.69, 9.17) is 16.7 Å². The predicted octanol–water partition coefficient (Wildman–Crippen LogP) is 5.83. The largest absolute Gasteiger partial charge is 0.288 e. The maximum absolute atomic E-state index is 12.7. The zero-order chi connectivity index (χ0) is 19.7. The lowest BCUT2D eigenvalue weighted by atomic mass is 10.0. The second-order valence-electron chi connectivity index (χ2n) is 6.81. The number of aryl methyl sites for hydroxylation is 2. The fourth-order valence-corrected chi connectivity index (χ4v) is 3.42. The van der Waals surface area contributed by atoms with Crippen molar-refractivity contribution in [1.82, 2.24) is 9.78 Å². The summed E-state index contributed by atoms with van der Waals surface area (Å²) in [5, 5.41) is 6.18. The van der Waals surface area contributed by atoms with Crippen LogP contribution in [0.2, 0.25) is 5.02 Å². The van der Waals surface area contributed by atoms with Gasteiger partial charge < -0.3 is 0 Å². The van der Waals surface area contributed by atoms with Crippen molar-refractivity contribution in [3.63, 3.8) is 0 Å². The second kappa shape index (κ2) is 7.45. The third-order valence-corrected chi connectivity index (χ3v) is 4.97. The third kappa shape index (κ3) is 3.49. The Morgan fingerprint density at radius 1 is 0.929 bits per heavy atom. The van der Waals surface area contributed by atoms with Crippen LogP contribution in [-0.2, 0) is 0 Å². The van der Waals surface area contributed by atoms with Crippen LogP contribution >= 0.6 is 11.6 Å². The van der Waals surface area contributed by atoms with Crippen LogP contribution in [0.5, 0.6) is 0 Å². The van der Waals surface area contributed by atoms with Crippen LogP contribution < -0.4 is 5.43 Å². The van der Waals surface area contributed by atoms with Gasteiger partial charge in [-0.05, 0) is 61.4 Å². The molecule has 4 aromatic rings. The molecule has 4 heteroatoms. The highest BCUT2D eigenvalue weighted by Gasteiger charge is 2.12. The van der Waals surface area contributed by atoms with Crippen LogP contribution in [0.3, 0.4) is 0 Å². The van der Waals surface area contributed by atoms with Crippen molar-refractivity contribution in [2.75, 3.05) is 0 Å². The maximum Gasteiger partial charge on any atom is 0.204 e. The van der Waals surface area contributed by atoms with Crippen LogP contribution in [0.4, 0.5) is 0 Å². The van der Waals surface area contributed by atoms with Crippen molar-refractivity contribution >= 4 is 34.7 Å². The molecule has 0 bridgehead atoms. The van der Waals surface area contributed by atoms with Crippen molar-refractivity contribution in [2.45, 2.75) is 13.8 Å². The van der Waals surface area contributed by atoms with Crippen molar-refractivity contribution in [1.29, 1.82) is 0 Å². The van der Waals surface area contributed by atoms with Crippen LogP contribution in [0, 0.1) is 13.8 Å². The first kappa shape index (κ1) is 18.2. The molecule has 0 aliphatic heterocycles. The van der Waals surface area contributed by atoms with Gasteiger partial charge in [0.1, 0.15) is 5.52 Å².